The first-order valence-electron chi connectivity index (χ1n) is 9.61. The normalized spacial score (nSPS) is 17.4. The Bertz CT molecular complexity index is 863. The number of aromatic nitrogens is 1. The molecule has 146 valence electrons. The molecule has 1 aliphatic heterocycles. The van der Waals surface area contributed by atoms with Crippen LogP contribution in [0.2, 0.25) is 0 Å². The van der Waals surface area contributed by atoms with E-state index in [0.717, 1.165) is 19.3 Å². The van der Waals surface area contributed by atoms with Crippen molar-refractivity contribution in [3.63, 3.8) is 0 Å². The van der Waals surface area contributed by atoms with Gasteiger partial charge in [0, 0.05) is 18.0 Å². The van der Waals surface area contributed by atoms with E-state index in [-0.39, 0.29) is 11.8 Å². The second-order valence-electron chi connectivity index (χ2n) is 7.12. The summed E-state index contributed by atoms with van der Waals surface area (Å²) >= 11 is 0. The summed E-state index contributed by atoms with van der Waals surface area (Å²) < 4.78 is 11.1. The summed E-state index contributed by atoms with van der Waals surface area (Å²) in [5, 5.41) is 5.91. The first-order valence-corrected chi connectivity index (χ1v) is 9.61. The Labute approximate surface area is 163 Å². The molecule has 2 heterocycles. The first kappa shape index (κ1) is 18.3. The number of amides is 2. The van der Waals surface area contributed by atoms with E-state index >= 15 is 0 Å². The zero-order valence-electron chi connectivity index (χ0n) is 15.6. The van der Waals surface area contributed by atoms with Gasteiger partial charge in [0.05, 0.1) is 0 Å². The molecule has 0 bridgehead atoms. The third-order valence-electron chi connectivity index (χ3n) is 5.19. The molecule has 7 nitrogen and oxygen atoms in total. The van der Waals surface area contributed by atoms with E-state index < -0.39 is 5.54 Å². The number of benzene rings is 1. The average Bonchev–Trinajstić information content (AvgIpc) is 2.75. The molecule has 2 amide bonds. The summed E-state index contributed by atoms with van der Waals surface area (Å²) in [6.45, 7) is 0.996. The molecule has 0 spiro atoms. The van der Waals surface area contributed by atoms with Crippen LogP contribution in [0, 0.1) is 0 Å². The minimum Gasteiger partial charge on any atom is -0.486 e. The van der Waals surface area contributed by atoms with Crippen LogP contribution in [0.15, 0.2) is 42.6 Å². The second-order valence-corrected chi connectivity index (χ2v) is 7.12. The minimum absolute atomic E-state index is 0.215. The van der Waals surface area contributed by atoms with Crippen LogP contribution in [0.3, 0.4) is 0 Å². The van der Waals surface area contributed by atoms with Gasteiger partial charge >= 0.3 is 0 Å². The number of carbonyl (C=O) groups is 2. The Balaban J connectivity index is 1.53. The quantitative estimate of drug-likeness (QED) is 0.850. The smallest absolute Gasteiger partial charge is 0.270 e. The van der Waals surface area contributed by atoms with E-state index in [2.05, 4.69) is 15.6 Å². The van der Waals surface area contributed by atoms with Gasteiger partial charge in [0.1, 0.15) is 24.4 Å². The standard InChI is InChI=1S/C21H23N3O4/c25-19(16-6-2-5-11-22-16)24-21(9-3-1-4-10-21)20(26)23-15-7-8-17-18(14-15)28-13-12-27-17/h2,5-8,11,14H,1,3-4,9-10,12-13H2,(H,23,26)(H,24,25). The van der Waals surface area contributed by atoms with E-state index in [1.54, 1.807) is 42.6 Å². The molecule has 1 aromatic carbocycles. The molecule has 4 rings (SSSR count). The van der Waals surface area contributed by atoms with E-state index in [1.165, 1.54) is 0 Å². The fourth-order valence-electron chi connectivity index (χ4n) is 3.71. The highest BCUT2D eigenvalue weighted by Gasteiger charge is 2.41. The van der Waals surface area contributed by atoms with Gasteiger partial charge < -0.3 is 20.1 Å². The molecule has 1 fully saturated rings. The maximum Gasteiger partial charge on any atom is 0.270 e. The van der Waals surface area contributed by atoms with E-state index in [0.29, 0.717) is 48.9 Å². The predicted octanol–water partition coefficient (Wildman–Crippen LogP) is 2.92. The third-order valence-corrected chi connectivity index (χ3v) is 5.19. The highest BCUT2D eigenvalue weighted by Crippen LogP contribution is 2.34. The Morgan fingerprint density at radius 1 is 0.964 bits per heavy atom. The molecule has 7 heteroatoms. The zero-order chi connectivity index (χ0) is 19.4. The highest BCUT2D eigenvalue weighted by molar-refractivity contribution is 6.03. The molecular weight excluding hydrogens is 358 g/mol. The zero-order valence-corrected chi connectivity index (χ0v) is 15.6. The molecule has 1 saturated carbocycles. The lowest BCUT2D eigenvalue weighted by Crippen LogP contribution is -2.57. The van der Waals surface area contributed by atoms with E-state index in [9.17, 15) is 9.59 Å². The molecule has 0 atom stereocenters. The SMILES string of the molecule is O=C(NC1(C(=O)Nc2ccc3c(c2)OCCO3)CCCCC1)c1ccccn1. The number of nitrogens with one attached hydrogen (secondary N) is 2. The summed E-state index contributed by atoms with van der Waals surface area (Å²) in [6, 6.07) is 10.5. The van der Waals surface area contributed by atoms with Gasteiger partial charge in [-0.05, 0) is 37.1 Å². The topological polar surface area (TPSA) is 89.6 Å². The van der Waals surface area contributed by atoms with Crippen LogP contribution in [-0.4, -0.2) is 35.6 Å². The average molecular weight is 381 g/mol. The monoisotopic (exact) mass is 381 g/mol. The highest BCUT2D eigenvalue weighted by atomic mass is 16.6. The number of nitrogens with zero attached hydrogens (tertiary/aromatic N) is 1. The molecule has 0 saturated heterocycles. The maximum atomic E-state index is 13.2. The largest absolute Gasteiger partial charge is 0.486 e. The summed E-state index contributed by atoms with van der Waals surface area (Å²) in [7, 11) is 0. The number of anilines is 1. The lowest BCUT2D eigenvalue weighted by Gasteiger charge is -2.36. The third kappa shape index (κ3) is 3.78. The molecule has 1 aromatic heterocycles. The molecule has 2 N–H and O–H groups in total. The van der Waals surface area contributed by atoms with Crippen LogP contribution in [-0.2, 0) is 4.79 Å². The van der Waals surface area contributed by atoms with E-state index in [1.807, 2.05) is 0 Å². The van der Waals surface area contributed by atoms with Gasteiger partial charge in [-0.1, -0.05) is 25.3 Å². The molecule has 0 unspecified atom stereocenters. The number of hydrogen-bond acceptors (Lipinski definition) is 5. The molecule has 2 aliphatic rings. The van der Waals surface area contributed by atoms with Crippen LogP contribution >= 0.6 is 0 Å². The van der Waals surface area contributed by atoms with Gasteiger partial charge in [0.15, 0.2) is 11.5 Å². The van der Waals surface area contributed by atoms with Gasteiger partial charge in [0.2, 0.25) is 5.91 Å². The summed E-state index contributed by atoms with van der Waals surface area (Å²) in [4.78, 5) is 30.0. The van der Waals surface area contributed by atoms with Crippen molar-refractivity contribution in [3.8, 4) is 11.5 Å². The van der Waals surface area contributed by atoms with Crippen molar-refractivity contribution >= 4 is 17.5 Å². The van der Waals surface area contributed by atoms with Crippen LogP contribution in [0.1, 0.15) is 42.6 Å². The fraction of sp³-hybridized carbons (Fsp3) is 0.381. The maximum absolute atomic E-state index is 13.2. The van der Waals surface area contributed by atoms with Crippen molar-refractivity contribution in [3.05, 3.63) is 48.3 Å². The van der Waals surface area contributed by atoms with Gasteiger partial charge in [-0.3, -0.25) is 14.6 Å². The van der Waals surface area contributed by atoms with Crippen LogP contribution < -0.4 is 20.1 Å². The van der Waals surface area contributed by atoms with Crippen LogP contribution in [0.4, 0.5) is 5.69 Å². The number of rotatable bonds is 4. The Kier molecular flexibility index (Phi) is 5.14. The Morgan fingerprint density at radius 3 is 2.50 bits per heavy atom. The molecule has 28 heavy (non-hydrogen) atoms. The lowest BCUT2D eigenvalue weighted by atomic mass is 9.80. The summed E-state index contributed by atoms with van der Waals surface area (Å²) in [5.74, 6) is 0.729. The van der Waals surface area contributed by atoms with Crippen molar-refractivity contribution in [2.75, 3.05) is 18.5 Å². The molecular formula is C21H23N3O4. The molecule has 1 aliphatic carbocycles. The predicted molar refractivity (Wildman–Crippen MR) is 104 cm³/mol. The van der Waals surface area contributed by atoms with Gasteiger partial charge in [-0.15, -0.1) is 0 Å². The second kappa shape index (κ2) is 7.88. The minimum atomic E-state index is -0.944. The number of fused-ring (bicyclic) bond motifs is 1. The first-order chi connectivity index (χ1) is 13.7. The van der Waals surface area contributed by atoms with Gasteiger partial charge in [-0.2, -0.15) is 0 Å². The number of hydrogen-bond donors (Lipinski definition) is 2. The van der Waals surface area contributed by atoms with E-state index in [4.69, 9.17) is 9.47 Å². The van der Waals surface area contributed by atoms with Gasteiger partial charge in [0.25, 0.3) is 5.91 Å². The number of carbonyl (C=O) groups excluding carboxylic acids is 2. The summed E-state index contributed by atoms with van der Waals surface area (Å²) in [5.41, 5.74) is -0.0222. The van der Waals surface area contributed by atoms with Crippen LogP contribution in [0.5, 0.6) is 11.5 Å². The van der Waals surface area contributed by atoms with Crippen molar-refractivity contribution in [2.24, 2.45) is 0 Å². The van der Waals surface area contributed by atoms with Crippen molar-refractivity contribution < 1.29 is 19.1 Å². The van der Waals surface area contributed by atoms with Crippen molar-refractivity contribution in [1.82, 2.24) is 10.3 Å². The number of pyridine rings is 1. The summed E-state index contributed by atoms with van der Waals surface area (Å²) in [6.07, 6.45) is 5.59. The van der Waals surface area contributed by atoms with Gasteiger partial charge in [-0.25, -0.2) is 0 Å². The van der Waals surface area contributed by atoms with Crippen molar-refractivity contribution in [2.45, 2.75) is 37.6 Å². The van der Waals surface area contributed by atoms with Crippen molar-refractivity contribution in [1.29, 1.82) is 0 Å². The fourth-order valence-corrected chi connectivity index (χ4v) is 3.71. The lowest BCUT2D eigenvalue weighted by molar-refractivity contribution is -0.123. The molecule has 0 radical (unpaired) electrons. The Hall–Kier alpha value is -3.09. The van der Waals surface area contributed by atoms with Crippen LogP contribution in [0.25, 0.3) is 0 Å². The Morgan fingerprint density at radius 2 is 1.75 bits per heavy atom. The molecule has 2 aromatic rings. The number of ether oxygens (including phenoxy) is 2.